The first-order valence-electron chi connectivity index (χ1n) is 11.7. The number of likely N-dealkylation sites (tertiary alicyclic amines) is 2. The van der Waals surface area contributed by atoms with Gasteiger partial charge in [0.05, 0.1) is 18.0 Å². The van der Waals surface area contributed by atoms with Crippen molar-refractivity contribution in [1.29, 1.82) is 5.26 Å². The topological polar surface area (TPSA) is 30.3 Å². The van der Waals surface area contributed by atoms with Crippen LogP contribution in [0.1, 0.15) is 49.1 Å². The molecule has 0 radical (unpaired) electrons. The normalized spacial score (nSPS) is 26.6. The van der Waals surface area contributed by atoms with Gasteiger partial charge >= 0.3 is 0 Å². The van der Waals surface area contributed by atoms with E-state index in [4.69, 9.17) is 0 Å². The Morgan fingerprint density at radius 3 is 2.27 bits per heavy atom. The molecule has 0 spiro atoms. The van der Waals surface area contributed by atoms with E-state index in [-0.39, 0.29) is 5.54 Å². The summed E-state index contributed by atoms with van der Waals surface area (Å²) < 4.78 is 0. The fraction of sp³-hybridized carbons (Fsp3) is 0.519. The molecule has 3 aliphatic rings. The third kappa shape index (κ3) is 4.17. The quantitative estimate of drug-likeness (QED) is 0.652. The van der Waals surface area contributed by atoms with Gasteiger partial charge in [-0.1, -0.05) is 60.7 Å². The van der Waals surface area contributed by atoms with Crippen molar-refractivity contribution in [2.45, 2.75) is 50.1 Å². The van der Waals surface area contributed by atoms with Crippen LogP contribution in [-0.4, -0.2) is 41.5 Å². The summed E-state index contributed by atoms with van der Waals surface area (Å²) >= 11 is 0. The molecule has 3 fully saturated rings. The van der Waals surface area contributed by atoms with E-state index >= 15 is 0 Å². The first kappa shape index (κ1) is 19.8. The minimum Gasteiger partial charge on any atom is -0.295 e. The van der Waals surface area contributed by atoms with Crippen LogP contribution in [0.3, 0.4) is 0 Å². The molecule has 0 bridgehead atoms. The summed E-state index contributed by atoms with van der Waals surface area (Å²) in [7, 11) is 0. The smallest absolute Gasteiger partial charge is 0.0642 e. The molecule has 2 atom stereocenters. The van der Waals surface area contributed by atoms with Crippen molar-refractivity contribution in [2.24, 2.45) is 11.8 Å². The number of hydrogen-bond donors (Lipinski definition) is 0. The molecule has 2 unspecified atom stereocenters. The molecule has 2 aromatic rings. The van der Waals surface area contributed by atoms with Crippen LogP contribution in [0.5, 0.6) is 0 Å². The van der Waals surface area contributed by atoms with Crippen LogP contribution >= 0.6 is 0 Å². The van der Waals surface area contributed by atoms with E-state index in [9.17, 15) is 5.26 Å². The monoisotopic (exact) mass is 399 g/mol. The highest BCUT2D eigenvalue weighted by molar-refractivity contribution is 5.25. The van der Waals surface area contributed by atoms with Crippen molar-refractivity contribution >= 4 is 0 Å². The maximum absolute atomic E-state index is 9.49. The van der Waals surface area contributed by atoms with Gasteiger partial charge in [-0.2, -0.15) is 5.26 Å². The molecule has 2 aromatic carbocycles. The zero-order valence-electron chi connectivity index (χ0n) is 17.9. The van der Waals surface area contributed by atoms with Gasteiger partial charge in [-0.15, -0.1) is 0 Å². The number of rotatable bonds is 7. The lowest BCUT2D eigenvalue weighted by atomic mass is 9.81. The molecule has 3 nitrogen and oxygen atoms in total. The van der Waals surface area contributed by atoms with Crippen molar-refractivity contribution in [2.75, 3.05) is 26.2 Å². The number of piperidine rings is 1. The number of hydrogen-bond acceptors (Lipinski definition) is 3. The van der Waals surface area contributed by atoms with E-state index < -0.39 is 0 Å². The highest BCUT2D eigenvalue weighted by atomic mass is 15.4. The lowest BCUT2D eigenvalue weighted by Crippen LogP contribution is -2.70. The second kappa shape index (κ2) is 8.53. The van der Waals surface area contributed by atoms with E-state index in [1.807, 2.05) is 0 Å². The molecule has 2 saturated heterocycles. The second-order valence-electron chi connectivity index (χ2n) is 9.87. The highest BCUT2D eigenvalue weighted by Crippen LogP contribution is 2.52. The third-order valence-corrected chi connectivity index (χ3v) is 7.76. The molecular weight excluding hydrogens is 366 g/mol. The van der Waals surface area contributed by atoms with Crippen molar-refractivity contribution in [3.8, 4) is 6.07 Å². The summed E-state index contributed by atoms with van der Waals surface area (Å²) in [5, 5.41) is 9.49. The fourth-order valence-corrected chi connectivity index (χ4v) is 6.00. The molecule has 5 rings (SSSR count). The van der Waals surface area contributed by atoms with Gasteiger partial charge in [-0.3, -0.25) is 9.80 Å². The molecule has 156 valence electrons. The predicted octanol–water partition coefficient (Wildman–Crippen LogP) is 5.06. The van der Waals surface area contributed by atoms with Crippen LogP contribution in [0, 0.1) is 23.2 Å². The van der Waals surface area contributed by atoms with Crippen LogP contribution in [0.4, 0.5) is 0 Å². The summed E-state index contributed by atoms with van der Waals surface area (Å²) in [4.78, 5) is 5.17. The minimum atomic E-state index is 0.0979. The van der Waals surface area contributed by atoms with Crippen LogP contribution < -0.4 is 0 Å². The first-order valence-corrected chi connectivity index (χ1v) is 11.7. The number of nitriles is 1. The average molecular weight is 400 g/mol. The summed E-state index contributed by atoms with van der Waals surface area (Å²) in [5.41, 5.74) is 3.01. The Bertz CT molecular complexity index is 858. The third-order valence-electron chi connectivity index (χ3n) is 7.76. The van der Waals surface area contributed by atoms with Crippen LogP contribution in [0.2, 0.25) is 0 Å². The van der Waals surface area contributed by atoms with Crippen LogP contribution in [-0.2, 0) is 6.54 Å². The van der Waals surface area contributed by atoms with Gasteiger partial charge in [0, 0.05) is 19.6 Å². The largest absolute Gasteiger partial charge is 0.295 e. The van der Waals surface area contributed by atoms with Crippen molar-refractivity contribution in [3.05, 3.63) is 71.8 Å². The van der Waals surface area contributed by atoms with E-state index in [2.05, 4.69) is 76.5 Å². The van der Waals surface area contributed by atoms with Gasteiger partial charge in [0.1, 0.15) is 0 Å². The second-order valence-corrected chi connectivity index (χ2v) is 9.87. The van der Waals surface area contributed by atoms with E-state index in [0.717, 1.165) is 37.4 Å². The maximum Gasteiger partial charge on any atom is 0.0642 e. The zero-order valence-corrected chi connectivity index (χ0v) is 17.9. The number of nitrogens with zero attached hydrogens (tertiary/aromatic N) is 3. The van der Waals surface area contributed by atoms with E-state index in [1.54, 1.807) is 5.56 Å². The molecule has 1 saturated carbocycles. The SMILES string of the molecule is N#CCC1(N2CCC(CC3CC3c3ccccc3)CC2)CN(Cc2ccccc2)C1. The molecular formula is C27H33N3. The molecule has 0 N–H and O–H groups in total. The highest BCUT2D eigenvalue weighted by Gasteiger charge is 2.48. The maximum atomic E-state index is 9.49. The molecule has 2 heterocycles. The van der Waals surface area contributed by atoms with Crippen molar-refractivity contribution in [3.63, 3.8) is 0 Å². The lowest BCUT2D eigenvalue weighted by molar-refractivity contribution is -0.0705. The first-order chi connectivity index (χ1) is 14.8. The molecule has 0 amide bonds. The lowest BCUT2D eigenvalue weighted by Gasteiger charge is -2.57. The van der Waals surface area contributed by atoms with Crippen molar-refractivity contribution in [1.82, 2.24) is 9.80 Å². The summed E-state index contributed by atoms with van der Waals surface area (Å²) in [5.74, 6) is 2.59. The number of benzene rings is 2. The van der Waals surface area contributed by atoms with Gasteiger partial charge in [0.15, 0.2) is 0 Å². The standard InChI is InChI=1S/C27H33N3/c28-14-13-27(20-29(21-27)19-23-7-3-1-4-8-23)30-15-11-22(12-16-30)17-25-18-26(25)24-9-5-2-6-10-24/h1-10,22,25-26H,11-13,15-21H2. The van der Waals surface area contributed by atoms with Gasteiger partial charge in [-0.05, 0) is 67.7 Å². The Labute approximate surface area is 181 Å². The Morgan fingerprint density at radius 1 is 0.933 bits per heavy atom. The molecule has 3 heteroatoms. The van der Waals surface area contributed by atoms with Gasteiger partial charge in [0.25, 0.3) is 0 Å². The molecule has 2 aliphatic heterocycles. The summed E-state index contributed by atoms with van der Waals surface area (Å²) in [6, 6.07) is 24.3. The average Bonchev–Trinajstić information content (AvgIpc) is 3.53. The van der Waals surface area contributed by atoms with E-state index in [1.165, 1.54) is 44.3 Å². The Kier molecular flexibility index (Phi) is 5.63. The van der Waals surface area contributed by atoms with Crippen molar-refractivity contribution < 1.29 is 0 Å². The summed E-state index contributed by atoms with van der Waals surface area (Å²) in [6.45, 7) is 5.44. The van der Waals surface area contributed by atoms with Gasteiger partial charge < -0.3 is 0 Å². The predicted molar refractivity (Wildman–Crippen MR) is 121 cm³/mol. The van der Waals surface area contributed by atoms with Gasteiger partial charge in [0.2, 0.25) is 0 Å². The fourth-order valence-electron chi connectivity index (χ4n) is 6.00. The summed E-state index contributed by atoms with van der Waals surface area (Å²) in [6.07, 6.45) is 6.07. The van der Waals surface area contributed by atoms with Gasteiger partial charge in [-0.25, -0.2) is 0 Å². The zero-order chi connectivity index (χ0) is 20.4. The Morgan fingerprint density at radius 2 is 1.60 bits per heavy atom. The Balaban J connectivity index is 1.11. The van der Waals surface area contributed by atoms with E-state index in [0.29, 0.717) is 6.42 Å². The molecule has 30 heavy (non-hydrogen) atoms. The van der Waals surface area contributed by atoms with Crippen LogP contribution in [0.15, 0.2) is 60.7 Å². The molecule has 1 aliphatic carbocycles. The molecule has 0 aromatic heterocycles. The Hall–Kier alpha value is -2.15. The van der Waals surface area contributed by atoms with Crippen LogP contribution in [0.25, 0.3) is 0 Å². The minimum absolute atomic E-state index is 0.0979.